The van der Waals surface area contributed by atoms with Crippen LogP contribution in [-0.4, -0.2) is 8.42 Å². The third-order valence-electron chi connectivity index (χ3n) is 4.51. The summed E-state index contributed by atoms with van der Waals surface area (Å²) in [4.78, 5) is 0.0633. The predicted molar refractivity (Wildman–Crippen MR) is 96.6 cm³/mol. The highest BCUT2D eigenvalue weighted by atomic mass is 32.2. The summed E-state index contributed by atoms with van der Waals surface area (Å²) in [5, 5.41) is 0. The number of aryl methyl sites for hydroxylation is 1. The molecule has 0 unspecified atom stereocenters. The number of hydrogen-bond acceptors (Lipinski definition) is 2. The van der Waals surface area contributed by atoms with Crippen LogP contribution in [0.25, 0.3) is 11.1 Å². The maximum atomic E-state index is 14.5. The summed E-state index contributed by atoms with van der Waals surface area (Å²) >= 11 is 0. The highest BCUT2D eigenvalue weighted by Crippen LogP contribution is 2.39. The van der Waals surface area contributed by atoms with Crippen LogP contribution < -0.4 is 4.72 Å². The molecule has 0 aliphatic heterocycles. The standard InChI is InChI=1S/C20H15F2NO2S/c1-12-2-5-16(6-3-12)26(24,25)23-20-10-14-8-13-9-15(21)4-7-17(13)18(14)11-19(20)22/h2-7,9-11,23H,8H2,1H3. The highest BCUT2D eigenvalue weighted by Gasteiger charge is 2.23. The molecule has 0 spiro atoms. The summed E-state index contributed by atoms with van der Waals surface area (Å²) in [6.07, 6.45) is 0.433. The molecule has 0 fully saturated rings. The Morgan fingerprint density at radius 3 is 2.31 bits per heavy atom. The van der Waals surface area contributed by atoms with Crippen LogP contribution in [0.15, 0.2) is 59.5 Å². The number of halogens is 2. The lowest BCUT2D eigenvalue weighted by Gasteiger charge is -2.11. The SMILES string of the molecule is Cc1ccc(S(=O)(=O)Nc2cc3c(cc2F)-c2ccc(F)cc2C3)cc1. The minimum absolute atomic E-state index is 0.0633. The van der Waals surface area contributed by atoms with Gasteiger partial charge in [0, 0.05) is 0 Å². The van der Waals surface area contributed by atoms with Crippen molar-refractivity contribution < 1.29 is 17.2 Å². The van der Waals surface area contributed by atoms with Crippen molar-refractivity contribution in [2.45, 2.75) is 18.2 Å². The summed E-state index contributed by atoms with van der Waals surface area (Å²) in [5.74, 6) is -1.02. The number of benzene rings is 3. The summed E-state index contributed by atoms with van der Waals surface area (Å²) in [6.45, 7) is 1.85. The van der Waals surface area contributed by atoms with E-state index in [9.17, 15) is 17.2 Å². The first kappa shape index (κ1) is 16.7. The van der Waals surface area contributed by atoms with E-state index in [1.165, 1.54) is 36.4 Å². The van der Waals surface area contributed by atoms with Gasteiger partial charge in [-0.15, -0.1) is 0 Å². The van der Waals surface area contributed by atoms with E-state index in [0.717, 1.165) is 22.3 Å². The predicted octanol–water partition coefficient (Wildman–Crippen LogP) is 4.65. The first-order chi connectivity index (χ1) is 12.3. The molecule has 1 N–H and O–H groups in total. The zero-order chi connectivity index (χ0) is 18.5. The van der Waals surface area contributed by atoms with Crippen LogP contribution in [0, 0.1) is 18.6 Å². The zero-order valence-electron chi connectivity index (χ0n) is 13.9. The van der Waals surface area contributed by atoms with Crippen LogP contribution in [0.2, 0.25) is 0 Å². The van der Waals surface area contributed by atoms with Gasteiger partial charge in [-0.3, -0.25) is 4.72 Å². The second kappa shape index (κ2) is 5.92. The Bertz CT molecular complexity index is 1120. The van der Waals surface area contributed by atoms with Gasteiger partial charge in [0.05, 0.1) is 10.6 Å². The highest BCUT2D eigenvalue weighted by molar-refractivity contribution is 7.92. The van der Waals surface area contributed by atoms with Crippen molar-refractivity contribution in [2.75, 3.05) is 4.72 Å². The smallest absolute Gasteiger partial charge is 0.261 e. The van der Waals surface area contributed by atoms with Gasteiger partial charge in [-0.25, -0.2) is 17.2 Å². The number of anilines is 1. The number of hydrogen-bond donors (Lipinski definition) is 1. The molecule has 26 heavy (non-hydrogen) atoms. The van der Waals surface area contributed by atoms with Gasteiger partial charge in [0.1, 0.15) is 11.6 Å². The quantitative estimate of drug-likeness (QED) is 0.570. The normalized spacial score (nSPS) is 12.6. The van der Waals surface area contributed by atoms with Gasteiger partial charge in [-0.2, -0.15) is 0 Å². The minimum atomic E-state index is -3.89. The first-order valence-electron chi connectivity index (χ1n) is 8.04. The summed E-state index contributed by atoms with van der Waals surface area (Å²) in [7, 11) is -3.89. The molecule has 0 radical (unpaired) electrons. The van der Waals surface area contributed by atoms with Crippen LogP contribution in [0.1, 0.15) is 16.7 Å². The molecule has 1 aliphatic rings. The average Bonchev–Trinajstić information content (AvgIpc) is 2.91. The summed E-state index contributed by atoms with van der Waals surface area (Å²) in [5.41, 5.74) is 3.77. The van der Waals surface area contributed by atoms with Gasteiger partial charge >= 0.3 is 0 Å². The number of rotatable bonds is 3. The maximum Gasteiger partial charge on any atom is 0.261 e. The molecule has 3 aromatic rings. The zero-order valence-corrected chi connectivity index (χ0v) is 14.7. The van der Waals surface area contributed by atoms with Crippen molar-refractivity contribution in [3.63, 3.8) is 0 Å². The summed E-state index contributed by atoms with van der Waals surface area (Å²) < 4.78 is 55.3. The Hall–Kier alpha value is -2.73. The summed E-state index contributed by atoms with van der Waals surface area (Å²) in [6, 6.07) is 13.5. The van der Waals surface area contributed by atoms with E-state index in [2.05, 4.69) is 4.72 Å². The van der Waals surface area contributed by atoms with E-state index < -0.39 is 15.8 Å². The maximum absolute atomic E-state index is 14.5. The Kier molecular flexibility index (Phi) is 3.80. The largest absolute Gasteiger partial charge is 0.277 e. The molecule has 0 aromatic heterocycles. The molecule has 0 heterocycles. The van der Waals surface area contributed by atoms with Crippen molar-refractivity contribution >= 4 is 15.7 Å². The van der Waals surface area contributed by atoms with Crippen LogP contribution >= 0.6 is 0 Å². The lowest BCUT2D eigenvalue weighted by molar-refractivity contribution is 0.598. The molecular formula is C20H15F2NO2S. The molecule has 0 amide bonds. The lowest BCUT2D eigenvalue weighted by Crippen LogP contribution is -2.14. The van der Waals surface area contributed by atoms with Crippen molar-refractivity contribution in [3.05, 3.63) is 82.9 Å². The third kappa shape index (κ3) is 2.86. The molecule has 1 aliphatic carbocycles. The molecule has 3 nitrogen and oxygen atoms in total. The van der Waals surface area contributed by atoms with Gasteiger partial charge in [0.15, 0.2) is 0 Å². The van der Waals surface area contributed by atoms with Crippen LogP contribution in [0.4, 0.5) is 14.5 Å². The molecule has 0 bridgehead atoms. The number of fused-ring (bicyclic) bond motifs is 3. The molecule has 6 heteroatoms. The van der Waals surface area contributed by atoms with Crippen molar-refractivity contribution in [1.82, 2.24) is 0 Å². The van der Waals surface area contributed by atoms with Crippen LogP contribution in [0.5, 0.6) is 0 Å². The Labute approximate surface area is 150 Å². The molecule has 0 saturated heterocycles. The van der Waals surface area contributed by atoms with E-state index in [0.29, 0.717) is 12.0 Å². The van der Waals surface area contributed by atoms with E-state index in [4.69, 9.17) is 0 Å². The van der Waals surface area contributed by atoms with E-state index in [1.54, 1.807) is 18.2 Å². The molecule has 3 aromatic carbocycles. The number of nitrogens with one attached hydrogen (secondary N) is 1. The van der Waals surface area contributed by atoms with Crippen LogP contribution in [0.3, 0.4) is 0 Å². The van der Waals surface area contributed by atoms with Crippen molar-refractivity contribution in [1.29, 1.82) is 0 Å². The van der Waals surface area contributed by atoms with Gasteiger partial charge in [-0.1, -0.05) is 23.8 Å². The lowest BCUT2D eigenvalue weighted by atomic mass is 10.1. The molecule has 0 atom stereocenters. The van der Waals surface area contributed by atoms with Gasteiger partial charge in [-0.05, 0) is 72.0 Å². The monoisotopic (exact) mass is 371 g/mol. The van der Waals surface area contributed by atoms with Crippen molar-refractivity contribution in [3.8, 4) is 11.1 Å². The number of sulfonamides is 1. The first-order valence-corrected chi connectivity index (χ1v) is 9.52. The van der Waals surface area contributed by atoms with Gasteiger partial charge < -0.3 is 0 Å². The average molecular weight is 371 g/mol. The molecule has 0 saturated carbocycles. The fourth-order valence-electron chi connectivity index (χ4n) is 3.19. The Balaban J connectivity index is 1.71. The van der Waals surface area contributed by atoms with Gasteiger partial charge in [0.2, 0.25) is 0 Å². The van der Waals surface area contributed by atoms with Crippen LogP contribution in [-0.2, 0) is 16.4 Å². The Morgan fingerprint density at radius 1 is 0.885 bits per heavy atom. The minimum Gasteiger partial charge on any atom is -0.277 e. The van der Waals surface area contributed by atoms with E-state index >= 15 is 0 Å². The van der Waals surface area contributed by atoms with Gasteiger partial charge in [0.25, 0.3) is 10.0 Å². The molecule has 132 valence electrons. The molecular weight excluding hydrogens is 356 g/mol. The fourth-order valence-corrected chi connectivity index (χ4v) is 4.25. The van der Waals surface area contributed by atoms with E-state index in [1.807, 2.05) is 6.92 Å². The fraction of sp³-hybridized carbons (Fsp3) is 0.100. The second-order valence-corrected chi connectivity index (χ2v) is 8.07. The topological polar surface area (TPSA) is 46.2 Å². The third-order valence-corrected chi connectivity index (χ3v) is 5.89. The molecule has 4 rings (SSSR count). The van der Waals surface area contributed by atoms with Crippen molar-refractivity contribution in [2.24, 2.45) is 0 Å². The second-order valence-electron chi connectivity index (χ2n) is 6.39. The van der Waals surface area contributed by atoms with E-state index in [-0.39, 0.29) is 16.4 Å². The Morgan fingerprint density at radius 2 is 1.58 bits per heavy atom.